The SMILES string of the molecule is CC1NCCN(C(=O)C2CC(=O)N(C3CCS(=O)(=O)C3)C2)C1C. The van der Waals surface area contributed by atoms with Crippen molar-refractivity contribution in [1.82, 2.24) is 15.1 Å². The summed E-state index contributed by atoms with van der Waals surface area (Å²) < 4.78 is 23.3. The third-order valence-electron chi connectivity index (χ3n) is 5.47. The van der Waals surface area contributed by atoms with Crippen LogP contribution in [0, 0.1) is 5.92 Å². The van der Waals surface area contributed by atoms with Crippen molar-refractivity contribution in [3.05, 3.63) is 0 Å². The monoisotopic (exact) mass is 343 g/mol. The van der Waals surface area contributed by atoms with Crippen LogP contribution in [0.2, 0.25) is 0 Å². The summed E-state index contributed by atoms with van der Waals surface area (Å²) in [4.78, 5) is 28.6. The van der Waals surface area contributed by atoms with Crippen LogP contribution in [0.5, 0.6) is 0 Å². The minimum atomic E-state index is -3.03. The van der Waals surface area contributed by atoms with E-state index in [1.165, 1.54) is 0 Å². The standard InChI is InChI=1S/C15H25N3O4S/c1-10-11(2)17(5-4-16-10)15(20)12-7-14(19)18(8-12)13-3-6-23(21,22)9-13/h10-13,16H,3-9H2,1-2H3. The van der Waals surface area contributed by atoms with Crippen molar-refractivity contribution < 1.29 is 18.0 Å². The molecule has 7 nitrogen and oxygen atoms in total. The summed E-state index contributed by atoms with van der Waals surface area (Å²) in [6, 6.07) is 0.0952. The third-order valence-corrected chi connectivity index (χ3v) is 7.22. The fourth-order valence-electron chi connectivity index (χ4n) is 3.87. The second-order valence-corrected chi connectivity index (χ2v) is 9.25. The molecule has 0 saturated carbocycles. The molecule has 1 N–H and O–H groups in total. The van der Waals surface area contributed by atoms with Gasteiger partial charge in [-0.15, -0.1) is 0 Å². The van der Waals surface area contributed by atoms with E-state index in [9.17, 15) is 18.0 Å². The van der Waals surface area contributed by atoms with Gasteiger partial charge < -0.3 is 15.1 Å². The van der Waals surface area contributed by atoms with Gasteiger partial charge in [-0.1, -0.05) is 0 Å². The Morgan fingerprint density at radius 2 is 2.04 bits per heavy atom. The maximum Gasteiger partial charge on any atom is 0.228 e. The van der Waals surface area contributed by atoms with Crippen molar-refractivity contribution >= 4 is 21.7 Å². The van der Waals surface area contributed by atoms with Crippen LogP contribution in [-0.4, -0.2) is 79.3 Å². The molecule has 0 radical (unpaired) electrons. The van der Waals surface area contributed by atoms with E-state index in [2.05, 4.69) is 12.2 Å². The molecule has 3 fully saturated rings. The summed E-state index contributed by atoms with van der Waals surface area (Å²) in [5, 5.41) is 3.34. The van der Waals surface area contributed by atoms with Crippen LogP contribution in [0.4, 0.5) is 0 Å². The second kappa shape index (κ2) is 6.05. The minimum absolute atomic E-state index is 0.0301. The van der Waals surface area contributed by atoms with Crippen molar-refractivity contribution in [2.75, 3.05) is 31.1 Å². The van der Waals surface area contributed by atoms with Crippen molar-refractivity contribution in [1.29, 1.82) is 0 Å². The van der Waals surface area contributed by atoms with Gasteiger partial charge in [0.15, 0.2) is 9.84 Å². The van der Waals surface area contributed by atoms with Gasteiger partial charge in [0.1, 0.15) is 0 Å². The first-order valence-electron chi connectivity index (χ1n) is 8.32. The topological polar surface area (TPSA) is 86.8 Å². The molecule has 3 aliphatic heterocycles. The van der Waals surface area contributed by atoms with E-state index in [1.807, 2.05) is 11.8 Å². The summed E-state index contributed by atoms with van der Waals surface area (Å²) in [5.41, 5.74) is 0. The van der Waals surface area contributed by atoms with E-state index >= 15 is 0 Å². The normalized spacial score (nSPS) is 37.4. The first-order chi connectivity index (χ1) is 10.8. The number of hydrogen-bond donors (Lipinski definition) is 1. The van der Waals surface area contributed by atoms with Gasteiger partial charge in [0.2, 0.25) is 11.8 Å². The van der Waals surface area contributed by atoms with Crippen molar-refractivity contribution in [3.8, 4) is 0 Å². The number of hydrogen-bond acceptors (Lipinski definition) is 5. The minimum Gasteiger partial charge on any atom is -0.338 e. The van der Waals surface area contributed by atoms with Crippen LogP contribution in [0.1, 0.15) is 26.7 Å². The molecule has 3 saturated heterocycles. The van der Waals surface area contributed by atoms with Gasteiger partial charge >= 0.3 is 0 Å². The maximum atomic E-state index is 12.8. The lowest BCUT2D eigenvalue weighted by atomic mass is 10.0. The Labute approximate surface area is 137 Å². The van der Waals surface area contributed by atoms with Gasteiger partial charge in [-0.05, 0) is 20.3 Å². The molecular weight excluding hydrogens is 318 g/mol. The van der Waals surface area contributed by atoms with Gasteiger partial charge in [0, 0.05) is 44.2 Å². The fraction of sp³-hybridized carbons (Fsp3) is 0.867. The highest BCUT2D eigenvalue weighted by atomic mass is 32.2. The van der Waals surface area contributed by atoms with E-state index < -0.39 is 9.84 Å². The number of carbonyl (C=O) groups is 2. The largest absolute Gasteiger partial charge is 0.338 e. The molecule has 0 aromatic carbocycles. The van der Waals surface area contributed by atoms with E-state index in [0.717, 1.165) is 6.54 Å². The summed E-state index contributed by atoms with van der Waals surface area (Å²) >= 11 is 0. The van der Waals surface area contributed by atoms with Crippen molar-refractivity contribution in [3.63, 3.8) is 0 Å². The number of likely N-dealkylation sites (tertiary alicyclic amines) is 1. The summed E-state index contributed by atoms with van der Waals surface area (Å²) in [7, 11) is -3.03. The Morgan fingerprint density at radius 1 is 1.30 bits per heavy atom. The number of nitrogens with one attached hydrogen (secondary N) is 1. The van der Waals surface area contributed by atoms with Crippen LogP contribution in [-0.2, 0) is 19.4 Å². The third kappa shape index (κ3) is 3.24. The Hall–Kier alpha value is -1.15. The second-order valence-electron chi connectivity index (χ2n) is 7.02. The highest BCUT2D eigenvalue weighted by Gasteiger charge is 2.44. The van der Waals surface area contributed by atoms with Gasteiger partial charge in [0.05, 0.1) is 17.4 Å². The van der Waals surface area contributed by atoms with Crippen LogP contribution in [0.3, 0.4) is 0 Å². The highest BCUT2D eigenvalue weighted by Crippen LogP contribution is 2.28. The smallest absolute Gasteiger partial charge is 0.228 e. The summed E-state index contributed by atoms with van der Waals surface area (Å²) in [6.07, 6.45) is 0.705. The Kier molecular flexibility index (Phi) is 4.39. The predicted molar refractivity (Wildman–Crippen MR) is 85.5 cm³/mol. The molecule has 130 valence electrons. The van der Waals surface area contributed by atoms with Crippen LogP contribution in [0.25, 0.3) is 0 Å². The average molecular weight is 343 g/mol. The summed E-state index contributed by atoms with van der Waals surface area (Å²) in [6.45, 7) is 5.87. The maximum absolute atomic E-state index is 12.8. The van der Waals surface area contributed by atoms with Gasteiger partial charge in [-0.2, -0.15) is 0 Å². The molecular formula is C15H25N3O4S. The van der Waals surface area contributed by atoms with E-state index in [-0.39, 0.29) is 53.8 Å². The fourth-order valence-corrected chi connectivity index (χ4v) is 5.60. The molecule has 0 bridgehead atoms. The van der Waals surface area contributed by atoms with Crippen molar-refractivity contribution in [2.24, 2.45) is 5.92 Å². The molecule has 8 heteroatoms. The molecule has 3 aliphatic rings. The van der Waals surface area contributed by atoms with Gasteiger partial charge in [0.25, 0.3) is 0 Å². The molecule has 0 aromatic rings. The number of piperazine rings is 1. The van der Waals surface area contributed by atoms with Crippen LogP contribution >= 0.6 is 0 Å². The Balaban J connectivity index is 1.66. The number of amides is 2. The molecule has 3 heterocycles. The molecule has 2 amide bonds. The van der Waals surface area contributed by atoms with Crippen molar-refractivity contribution in [2.45, 2.75) is 44.8 Å². The molecule has 23 heavy (non-hydrogen) atoms. The zero-order valence-electron chi connectivity index (χ0n) is 13.7. The zero-order chi connectivity index (χ0) is 16.8. The Bertz CT molecular complexity index is 606. The first-order valence-corrected chi connectivity index (χ1v) is 10.1. The molecule has 4 atom stereocenters. The number of sulfone groups is 1. The van der Waals surface area contributed by atoms with E-state index in [0.29, 0.717) is 19.5 Å². The van der Waals surface area contributed by atoms with E-state index in [4.69, 9.17) is 0 Å². The van der Waals surface area contributed by atoms with Gasteiger partial charge in [-0.3, -0.25) is 9.59 Å². The molecule has 4 unspecified atom stereocenters. The van der Waals surface area contributed by atoms with Crippen LogP contribution in [0.15, 0.2) is 0 Å². The lowest BCUT2D eigenvalue weighted by Gasteiger charge is -2.39. The van der Waals surface area contributed by atoms with E-state index in [1.54, 1.807) is 4.90 Å². The lowest BCUT2D eigenvalue weighted by Crippen LogP contribution is -2.58. The average Bonchev–Trinajstić information content (AvgIpc) is 3.04. The summed E-state index contributed by atoms with van der Waals surface area (Å²) in [5.74, 6) is -0.199. The van der Waals surface area contributed by atoms with Gasteiger partial charge in [-0.25, -0.2) is 8.42 Å². The first kappa shape index (κ1) is 16.7. The molecule has 0 aromatic heterocycles. The van der Waals surface area contributed by atoms with Crippen LogP contribution < -0.4 is 5.32 Å². The zero-order valence-corrected chi connectivity index (χ0v) is 14.5. The highest BCUT2D eigenvalue weighted by molar-refractivity contribution is 7.91. The predicted octanol–water partition coefficient (Wildman–Crippen LogP) is -0.769. The Morgan fingerprint density at radius 3 is 2.70 bits per heavy atom. The lowest BCUT2D eigenvalue weighted by molar-refractivity contribution is -0.139. The number of rotatable bonds is 2. The quantitative estimate of drug-likeness (QED) is 0.712. The molecule has 3 rings (SSSR count). The number of nitrogens with zero attached hydrogens (tertiary/aromatic N) is 2. The molecule has 0 aliphatic carbocycles. The number of carbonyl (C=O) groups excluding carboxylic acids is 2. The molecule has 0 spiro atoms.